The van der Waals surface area contributed by atoms with Crippen molar-refractivity contribution in [3.05, 3.63) is 98.7 Å². The fraction of sp³-hybridized carbons (Fsp3) is 0.120. The number of rotatable bonds is 3. The number of amides is 2. The van der Waals surface area contributed by atoms with E-state index < -0.39 is 0 Å². The average Bonchev–Trinajstić information content (AvgIpc) is 3.23. The summed E-state index contributed by atoms with van der Waals surface area (Å²) >= 11 is 0.908. The van der Waals surface area contributed by atoms with Crippen molar-refractivity contribution >= 4 is 45.6 Å². The number of hydrogen-bond donors (Lipinski definition) is 0. The molecule has 1 aliphatic heterocycles. The molecule has 1 fully saturated rings. The Morgan fingerprint density at radius 3 is 2.33 bits per heavy atom. The van der Waals surface area contributed by atoms with Crippen molar-refractivity contribution in [3.63, 3.8) is 0 Å². The first-order valence-electron chi connectivity index (χ1n) is 10.4. The molecule has 0 N–H and O–H groups in total. The third kappa shape index (κ3) is 3.39. The smallest absolute Gasteiger partial charge is 0.268 e. The lowest BCUT2D eigenvalue weighted by atomic mass is 10.2. The second-order valence-electron chi connectivity index (χ2n) is 7.78. The van der Waals surface area contributed by atoms with E-state index in [-0.39, 0.29) is 16.7 Å². The number of aryl methyl sites for hydroxylation is 2. The molecular formula is C25H20N4O3S. The summed E-state index contributed by atoms with van der Waals surface area (Å²) in [5.41, 5.74) is 3.35. The third-order valence-electron chi connectivity index (χ3n) is 5.64. The summed E-state index contributed by atoms with van der Waals surface area (Å²) in [5, 5.41) is 0.193. The molecule has 0 radical (unpaired) electrons. The molecule has 0 aliphatic carbocycles. The first-order chi connectivity index (χ1) is 15.9. The van der Waals surface area contributed by atoms with Gasteiger partial charge >= 0.3 is 0 Å². The number of para-hydroxylation sites is 2. The Kier molecular flexibility index (Phi) is 5.02. The van der Waals surface area contributed by atoms with Crippen molar-refractivity contribution in [1.82, 2.24) is 14.3 Å². The number of benzene rings is 2. The van der Waals surface area contributed by atoms with Crippen LogP contribution in [0.5, 0.6) is 0 Å². The van der Waals surface area contributed by atoms with Crippen LogP contribution in [0.15, 0.2) is 70.4 Å². The van der Waals surface area contributed by atoms with Crippen LogP contribution in [0.4, 0.5) is 10.5 Å². The van der Waals surface area contributed by atoms with E-state index in [4.69, 9.17) is 0 Å². The van der Waals surface area contributed by atoms with Crippen molar-refractivity contribution in [2.24, 2.45) is 0 Å². The zero-order valence-electron chi connectivity index (χ0n) is 18.3. The summed E-state index contributed by atoms with van der Waals surface area (Å²) in [5.74, 6) is 0.193. The van der Waals surface area contributed by atoms with Gasteiger partial charge in [0.2, 0.25) is 0 Å². The van der Waals surface area contributed by atoms with Gasteiger partial charge in [-0.25, -0.2) is 9.88 Å². The summed E-state index contributed by atoms with van der Waals surface area (Å²) in [7, 11) is 0. The van der Waals surface area contributed by atoms with E-state index in [2.05, 4.69) is 4.98 Å². The highest BCUT2D eigenvalue weighted by atomic mass is 32.2. The Bertz CT molecular complexity index is 1530. The van der Waals surface area contributed by atoms with Crippen molar-refractivity contribution < 1.29 is 9.59 Å². The Labute approximate surface area is 193 Å². The van der Waals surface area contributed by atoms with Crippen molar-refractivity contribution in [2.75, 3.05) is 4.90 Å². The van der Waals surface area contributed by atoms with Gasteiger partial charge in [0.25, 0.3) is 16.7 Å². The van der Waals surface area contributed by atoms with Crippen LogP contribution in [0.2, 0.25) is 0 Å². The minimum atomic E-state index is -0.360. The SMILES string of the molecule is Cc1cc(C=C2SC(=O)N(c3ccccc3)C2=O)c(C)n1-n1c(C)nc2ccccc2c1=O. The monoisotopic (exact) mass is 456 g/mol. The molecule has 7 nitrogen and oxygen atoms in total. The molecule has 2 aromatic carbocycles. The van der Waals surface area contributed by atoms with E-state index in [0.29, 0.717) is 27.3 Å². The predicted molar refractivity (Wildman–Crippen MR) is 130 cm³/mol. The maximum absolute atomic E-state index is 13.3. The lowest BCUT2D eigenvalue weighted by Crippen LogP contribution is -2.30. The normalized spacial score (nSPS) is 15.2. The Balaban J connectivity index is 1.60. The molecule has 33 heavy (non-hydrogen) atoms. The summed E-state index contributed by atoms with van der Waals surface area (Å²) < 4.78 is 3.34. The molecule has 0 unspecified atom stereocenters. The molecule has 2 amide bonds. The molecule has 0 bridgehead atoms. The summed E-state index contributed by atoms with van der Waals surface area (Å²) in [6.07, 6.45) is 1.71. The van der Waals surface area contributed by atoms with E-state index in [0.717, 1.165) is 28.7 Å². The highest BCUT2D eigenvalue weighted by Crippen LogP contribution is 2.36. The van der Waals surface area contributed by atoms with Crippen LogP contribution in [0.25, 0.3) is 17.0 Å². The zero-order valence-corrected chi connectivity index (χ0v) is 19.1. The number of aromatic nitrogens is 3. The number of carbonyl (C=O) groups excluding carboxylic acids is 2. The lowest BCUT2D eigenvalue weighted by molar-refractivity contribution is -0.113. The van der Waals surface area contributed by atoms with Crippen LogP contribution in [0.1, 0.15) is 22.8 Å². The molecule has 1 saturated heterocycles. The number of imide groups is 1. The number of nitrogens with zero attached hydrogens (tertiary/aromatic N) is 4. The molecule has 1 aliphatic rings. The molecule has 0 atom stereocenters. The molecule has 3 heterocycles. The maximum atomic E-state index is 13.3. The standard InChI is InChI=1S/C25H20N4O3S/c1-15-13-18(14-22-24(31)27(25(32)33-22)19-9-5-4-6-10-19)16(2)28(15)29-17(3)26-21-12-8-7-11-20(21)23(29)30/h4-14H,1-3H3. The fourth-order valence-corrected chi connectivity index (χ4v) is 4.94. The lowest BCUT2D eigenvalue weighted by Gasteiger charge is -2.16. The largest absolute Gasteiger partial charge is 0.298 e. The van der Waals surface area contributed by atoms with Gasteiger partial charge in [-0.2, -0.15) is 4.68 Å². The van der Waals surface area contributed by atoms with Crippen LogP contribution in [0.3, 0.4) is 0 Å². The number of thioether (sulfide) groups is 1. The third-order valence-corrected chi connectivity index (χ3v) is 6.51. The first kappa shape index (κ1) is 21.0. The van der Waals surface area contributed by atoms with Crippen LogP contribution < -0.4 is 10.5 Å². The molecular weight excluding hydrogens is 436 g/mol. The van der Waals surface area contributed by atoms with Gasteiger partial charge in [-0.05, 0) is 74.5 Å². The molecule has 8 heteroatoms. The maximum Gasteiger partial charge on any atom is 0.298 e. The highest BCUT2D eigenvalue weighted by molar-refractivity contribution is 8.19. The summed E-state index contributed by atoms with van der Waals surface area (Å²) in [6, 6.07) is 18.0. The fourth-order valence-electron chi connectivity index (χ4n) is 4.11. The number of hydrogen-bond acceptors (Lipinski definition) is 5. The van der Waals surface area contributed by atoms with Crippen molar-refractivity contribution in [2.45, 2.75) is 20.8 Å². The molecule has 0 saturated carbocycles. The van der Waals surface area contributed by atoms with Crippen LogP contribution in [-0.2, 0) is 4.79 Å². The second-order valence-corrected chi connectivity index (χ2v) is 8.78. The topological polar surface area (TPSA) is 77.2 Å². The van der Waals surface area contributed by atoms with Crippen LogP contribution in [-0.4, -0.2) is 25.5 Å². The second kappa shape index (κ2) is 7.90. The van der Waals surface area contributed by atoms with E-state index in [9.17, 15) is 14.4 Å². The highest BCUT2D eigenvalue weighted by Gasteiger charge is 2.36. The predicted octanol–water partition coefficient (Wildman–Crippen LogP) is 4.68. The summed E-state index contributed by atoms with van der Waals surface area (Å²) in [4.78, 5) is 44.9. The summed E-state index contributed by atoms with van der Waals surface area (Å²) in [6.45, 7) is 5.56. The van der Waals surface area contributed by atoms with Crippen LogP contribution in [0, 0.1) is 20.8 Å². The van der Waals surface area contributed by atoms with Gasteiger partial charge in [-0.15, -0.1) is 0 Å². The van der Waals surface area contributed by atoms with E-state index in [1.807, 2.05) is 44.2 Å². The van der Waals surface area contributed by atoms with E-state index in [1.165, 1.54) is 4.90 Å². The number of carbonyl (C=O) groups is 2. The van der Waals surface area contributed by atoms with Gasteiger partial charge in [0.1, 0.15) is 5.82 Å². The Morgan fingerprint density at radius 1 is 0.879 bits per heavy atom. The number of fused-ring (bicyclic) bond motifs is 1. The van der Waals surface area contributed by atoms with E-state index >= 15 is 0 Å². The quantitative estimate of drug-likeness (QED) is 0.419. The van der Waals surface area contributed by atoms with Crippen LogP contribution >= 0.6 is 11.8 Å². The molecule has 5 rings (SSSR count). The zero-order chi connectivity index (χ0) is 23.3. The van der Waals surface area contributed by atoms with Gasteiger partial charge in [-0.1, -0.05) is 30.3 Å². The Morgan fingerprint density at radius 2 is 1.58 bits per heavy atom. The molecule has 164 valence electrons. The molecule has 2 aromatic heterocycles. The minimum absolute atomic E-state index is 0.171. The van der Waals surface area contributed by atoms with Gasteiger partial charge < -0.3 is 0 Å². The minimum Gasteiger partial charge on any atom is -0.268 e. The Hall–Kier alpha value is -3.91. The van der Waals surface area contributed by atoms with Gasteiger partial charge in [0, 0.05) is 11.4 Å². The van der Waals surface area contributed by atoms with Gasteiger partial charge in [-0.3, -0.25) is 19.1 Å². The van der Waals surface area contributed by atoms with Gasteiger partial charge in [0.05, 0.1) is 21.5 Å². The van der Waals surface area contributed by atoms with E-state index in [1.54, 1.807) is 52.7 Å². The van der Waals surface area contributed by atoms with Crippen molar-refractivity contribution in [3.8, 4) is 0 Å². The molecule has 4 aromatic rings. The number of anilines is 1. The first-order valence-corrected chi connectivity index (χ1v) is 11.2. The van der Waals surface area contributed by atoms with Crippen molar-refractivity contribution in [1.29, 1.82) is 0 Å². The van der Waals surface area contributed by atoms with Gasteiger partial charge in [0.15, 0.2) is 0 Å². The molecule has 0 spiro atoms. The average molecular weight is 457 g/mol.